The molecule has 1 nitrogen and oxygen atoms in total. The van der Waals surface area contributed by atoms with Crippen LogP contribution in [0.15, 0.2) is 79.4 Å². The first-order valence-corrected chi connectivity index (χ1v) is 14.6. The molecular weight excluding hydrogens is 460 g/mol. The minimum atomic E-state index is 0.0340. The van der Waals surface area contributed by atoms with E-state index in [-0.39, 0.29) is 5.78 Å². The summed E-state index contributed by atoms with van der Waals surface area (Å²) in [7, 11) is 0. The van der Waals surface area contributed by atoms with E-state index in [1.54, 1.807) is 0 Å². The molecular formula is C37H50O. The smallest absolute Gasteiger partial charge is 0.185 e. The monoisotopic (exact) mass is 510 g/mol. The number of ketones is 1. The van der Waals surface area contributed by atoms with Crippen LogP contribution in [0.1, 0.15) is 108 Å². The molecule has 0 heterocycles. The van der Waals surface area contributed by atoms with Crippen molar-refractivity contribution in [3.8, 4) is 0 Å². The summed E-state index contributed by atoms with van der Waals surface area (Å²) in [5, 5.41) is 0. The van der Waals surface area contributed by atoms with Crippen molar-refractivity contribution in [2.24, 2.45) is 5.92 Å². The van der Waals surface area contributed by atoms with E-state index in [2.05, 4.69) is 96.7 Å². The molecule has 204 valence electrons. The Kier molecular flexibility index (Phi) is 13.8. The van der Waals surface area contributed by atoms with Crippen LogP contribution in [0.5, 0.6) is 0 Å². The van der Waals surface area contributed by atoms with Crippen molar-refractivity contribution < 1.29 is 4.79 Å². The molecule has 1 heteroatoms. The molecule has 3 aromatic rings. The highest BCUT2D eigenvalue weighted by Gasteiger charge is 2.15. The van der Waals surface area contributed by atoms with Crippen LogP contribution in [0.3, 0.4) is 0 Å². The van der Waals surface area contributed by atoms with Gasteiger partial charge in [-0.05, 0) is 76.0 Å². The van der Waals surface area contributed by atoms with Gasteiger partial charge in [0, 0.05) is 5.56 Å². The van der Waals surface area contributed by atoms with E-state index >= 15 is 0 Å². The Morgan fingerprint density at radius 1 is 0.763 bits per heavy atom. The zero-order chi connectivity index (χ0) is 27.9. The lowest BCUT2D eigenvalue weighted by atomic mass is 9.86. The van der Waals surface area contributed by atoms with Crippen molar-refractivity contribution in [3.63, 3.8) is 0 Å². The van der Waals surface area contributed by atoms with Crippen molar-refractivity contribution in [2.45, 2.75) is 98.8 Å². The van der Waals surface area contributed by atoms with Crippen LogP contribution in [-0.2, 0) is 6.42 Å². The third-order valence-corrected chi connectivity index (χ3v) is 7.50. The first-order valence-electron chi connectivity index (χ1n) is 14.6. The van der Waals surface area contributed by atoms with Gasteiger partial charge in [0.25, 0.3) is 0 Å². The molecule has 0 fully saturated rings. The maximum atomic E-state index is 12.2. The second-order valence-corrected chi connectivity index (χ2v) is 11.2. The zero-order valence-corrected chi connectivity index (χ0v) is 24.9. The molecule has 0 saturated heterocycles. The summed E-state index contributed by atoms with van der Waals surface area (Å²) in [6.45, 7) is 16.8. The molecule has 0 spiro atoms. The maximum absolute atomic E-state index is 12.2. The van der Waals surface area contributed by atoms with Crippen molar-refractivity contribution in [3.05, 3.63) is 118 Å². The summed E-state index contributed by atoms with van der Waals surface area (Å²) in [5.74, 6) is 1.23. The van der Waals surface area contributed by atoms with E-state index in [1.165, 1.54) is 84.4 Å². The number of allylic oxidation sites excluding steroid dienone is 1. The van der Waals surface area contributed by atoms with E-state index in [0.717, 1.165) is 17.9 Å². The van der Waals surface area contributed by atoms with Gasteiger partial charge < -0.3 is 0 Å². The maximum Gasteiger partial charge on any atom is 0.185 e. The Balaban J connectivity index is 0.000000538. The van der Waals surface area contributed by atoms with E-state index < -0.39 is 0 Å². The van der Waals surface area contributed by atoms with Gasteiger partial charge in [0.2, 0.25) is 0 Å². The van der Waals surface area contributed by atoms with Crippen LogP contribution in [-0.4, -0.2) is 5.78 Å². The molecule has 0 bridgehead atoms. The van der Waals surface area contributed by atoms with E-state index in [9.17, 15) is 4.79 Å². The van der Waals surface area contributed by atoms with Gasteiger partial charge in [0.05, 0.1) is 0 Å². The highest BCUT2D eigenvalue weighted by molar-refractivity contribution is 6.05. The molecule has 2 atom stereocenters. The van der Waals surface area contributed by atoms with Gasteiger partial charge in [0.1, 0.15) is 0 Å². The standard InChI is InChI=1S/C29H40O.C8H10/c1-6-8-13-25(17-18-26-20-22(3)19-23(4)21-26)14-11-12-24(5)27-15-9-10-16-28(27)29(30)7-2;1-7-3-5-8(2)6-4-7/h7,9-10,15-16,19-21,24-25H,2,6,8,11-14,17-18H2,1,3-5H3;3-6H,1-2H3. The summed E-state index contributed by atoms with van der Waals surface area (Å²) in [5.41, 5.74) is 8.87. The Hall–Kier alpha value is -2.93. The SMILES string of the molecule is C=CC(=O)c1ccccc1C(C)CCCC(CCCC)CCc1cc(C)cc(C)c1.Cc1ccc(C)cc1. The highest BCUT2D eigenvalue weighted by atomic mass is 16.1. The fourth-order valence-electron chi connectivity index (χ4n) is 5.28. The number of carbonyl (C=O) groups excluding carboxylic acids is 1. The lowest BCUT2D eigenvalue weighted by Gasteiger charge is -2.19. The molecule has 0 saturated carbocycles. The number of aryl methyl sites for hydroxylation is 5. The number of hydrogen-bond donors (Lipinski definition) is 0. The van der Waals surface area contributed by atoms with Gasteiger partial charge in [-0.15, -0.1) is 0 Å². The quantitative estimate of drug-likeness (QED) is 0.165. The summed E-state index contributed by atoms with van der Waals surface area (Å²) in [4.78, 5) is 12.2. The van der Waals surface area contributed by atoms with Gasteiger partial charge >= 0.3 is 0 Å². The lowest BCUT2D eigenvalue weighted by Crippen LogP contribution is -2.06. The Labute approximate surface area is 233 Å². The van der Waals surface area contributed by atoms with Crippen LogP contribution in [0.4, 0.5) is 0 Å². The van der Waals surface area contributed by atoms with Gasteiger partial charge in [-0.1, -0.05) is 142 Å². The third-order valence-electron chi connectivity index (χ3n) is 7.50. The minimum absolute atomic E-state index is 0.0340. The third kappa shape index (κ3) is 11.2. The van der Waals surface area contributed by atoms with Gasteiger partial charge in [-0.3, -0.25) is 4.79 Å². The fraction of sp³-hybridized carbons (Fsp3) is 0.432. The molecule has 0 amide bonds. The first kappa shape index (κ1) is 31.3. The highest BCUT2D eigenvalue weighted by Crippen LogP contribution is 2.29. The number of unbranched alkanes of at least 4 members (excludes halogenated alkanes) is 1. The van der Waals surface area contributed by atoms with Crippen LogP contribution in [0, 0.1) is 33.6 Å². The van der Waals surface area contributed by atoms with Crippen LogP contribution < -0.4 is 0 Å². The van der Waals surface area contributed by atoms with E-state index in [1.807, 2.05) is 18.2 Å². The van der Waals surface area contributed by atoms with Crippen molar-refractivity contribution in [1.82, 2.24) is 0 Å². The second-order valence-electron chi connectivity index (χ2n) is 11.2. The summed E-state index contributed by atoms with van der Waals surface area (Å²) < 4.78 is 0. The average molecular weight is 511 g/mol. The van der Waals surface area contributed by atoms with Crippen molar-refractivity contribution >= 4 is 5.78 Å². The average Bonchev–Trinajstić information content (AvgIpc) is 2.90. The Morgan fingerprint density at radius 3 is 1.92 bits per heavy atom. The van der Waals surface area contributed by atoms with Gasteiger partial charge in [-0.2, -0.15) is 0 Å². The molecule has 0 aliphatic rings. The van der Waals surface area contributed by atoms with E-state index in [0.29, 0.717) is 5.92 Å². The van der Waals surface area contributed by atoms with Crippen LogP contribution in [0.2, 0.25) is 0 Å². The number of carbonyl (C=O) groups is 1. The minimum Gasteiger partial charge on any atom is -0.289 e. The molecule has 3 rings (SSSR count). The molecule has 3 aromatic carbocycles. The number of hydrogen-bond acceptors (Lipinski definition) is 1. The van der Waals surface area contributed by atoms with Gasteiger partial charge in [-0.25, -0.2) is 0 Å². The largest absolute Gasteiger partial charge is 0.289 e. The number of rotatable bonds is 13. The number of benzene rings is 3. The fourth-order valence-corrected chi connectivity index (χ4v) is 5.28. The molecule has 0 aliphatic carbocycles. The molecule has 0 radical (unpaired) electrons. The predicted molar refractivity (Wildman–Crippen MR) is 166 cm³/mol. The van der Waals surface area contributed by atoms with Crippen LogP contribution >= 0.6 is 0 Å². The zero-order valence-electron chi connectivity index (χ0n) is 24.9. The summed E-state index contributed by atoms with van der Waals surface area (Å²) in [6, 6.07) is 23.5. The lowest BCUT2D eigenvalue weighted by molar-refractivity contribution is 0.104. The van der Waals surface area contributed by atoms with Crippen molar-refractivity contribution in [2.75, 3.05) is 0 Å². The topological polar surface area (TPSA) is 17.1 Å². The first-order chi connectivity index (χ1) is 18.2. The van der Waals surface area contributed by atoms with E-state index in [4.69, 9.17) is 0 Å². The van der Waals surface area contributed by atoms with Crippen LogP contribution in [0.25, 0.3) is 0 Å². The predicted octanol–water partition coefficient (Wildman–Crippen LogP) is 10.7. The van der Waals surface area contributed by atoms with Crippen molar-refractivity contribution in [1.29, 1.82) is 0 Å². The molecule has 0 N–H and O–H groups in total. The normalized spacial score (nSPS) is 12.3. The summed E-state index contributed by atoms with van der Waals surface area (Å²) in [6.07, 6.45) is 11.5. The second kappa shape index (κ2) is 16.8. The molecule has 38 heavy (non-hydrogen) atoms. The molecule has 0 aliphatic heterocycles. The Morgan fingerprint density at radius 2 is 1.34 bits per heavy atom. The summed E-state index contributed by atoms with van der Waals surface area (Å²) >= 11 is 0. The Bertz CT molecular complexity index is 1080. The molecule has 0 aromatic heterocycles. The molecule has 2 unspecified atom stereocenters. The van der Waals surface area contributed by atoms with Gasteiger partial charge in [0.15, 0.2) is 5.78 Å².